The molecular formula is C22H23FN6O6. The maximum absolute atomic E-state index is 13.1. The van der Waals surface area contributed by atoms with E-state index < -0.39 is 24.2 Å². The highest BCUT2D eigenvalue weighted by atomic mass is 19.1. The number of carbonyl (C=O) groups excluding carboxylic acids is 2. The van der Waals surface area contributed by atoms with E-state index in [0.717, 1.165) is 0 Å². The molecule has 3 aromatic rings. The van der Waals surface area contributed by atoms with Gasteiger partial charge in [0, 0.05) is 11.3 Å². The number of aromatic nitrogens is 3. The van der Waals surface area contributed by atoms with E-state index in [1.54, 1.807) is 0 Å². The Bertz CT molecular complexity index is 1180. The average molecular weight is 486 g/mol. The first-order valence-electron chi connectivity index (χ1n) is 10.1. The number of methoxy groups -OCH3 is 3. The number of anilines is 3. The van der Waals surface area contributed by atoms with E-state index in [1.807, 2.05) is 0 Å². The number of benzene rings is 2. The summed E-state index contributed by atoms with van der Waals surface area (Å²) in [5, 5.41) is 5.30. The molecule has 1 amide bonds. The van der Waals surface area contributed by atoms with Crippen molar-refractivity contribution >= 4 is 29.5 Å². The summed E-state index contributed by atoms with van der Waals surface area (Å²) >= 11 is 0. The summed E-state index contributed by atoms with van der Waals surface area (Å²) < 4.78 is 33.8. The Balaban J connectivity index is 1.57. The highest BCUT2D eigenvalue weighted by Gasteiger charge is 2.18. The second kappa shape index (κ2) is 11.4. The second-order valence-corrected chi connectivity index (χ2v) is 6.82. The second-order valence-electron chi connectivity index (χ2n) is 6.82. The van der Waals surface area contributed by atoms with Crippen LogP contribution in [0.15, 0.2) is 36.4 Å². The van der Waals surface area contributed by atoms with Crippen molar-refractivity contribution in [3.05, 3.63) is 53.6 Å². The van der Waals surface area contributed by atoms with Crippen LogP contribution < -0.4 is 30.6 Å². The first-order valence-corrected chi connectivity index (χ1v) is 10.1. The molecule has 0 fully saturated rings. The summed E-state index contributed by atoms with van der Waals surface area (Å²) in [6, 6.07) is 8.41. The van der Waals surface area contributed by atoms with Crippen LogP contribution in [0.1, 0.15) is 16.2 Å². The molecule has 0 spiro atoms. The molecule has 0 saturated carbocycles. The molecule has 184 valence electrons. The molecule has 1 aromatic heterocycles. The monoisotopic (exact) mass is 486 g/mol. The molecule has 0 aliphatic heterocycles. The number of nitrogens with one attached hydrogen (secondary N) is 2. The van der Waals surface area contributed by atoms with E-state index in [-0.39, 0.29) is 41.4 Å². The predicted molar refractivity (Wildman–Crippen MR) is 122 cm³/mol. The van der Waals surface area contributed by atoms with Gasteiger partial charge < -0.3 is 35.3 Å². The van der Waals surface area contributed by atoms with Gasteiger partial charge in [-0.2, -0.15) is 15.0 Å². The first kappa shape index (κ1) is 25.0. The van der Waals surface area contributed by atoms with E-state index >= 15 is 0 Å². The maximum Gasteiger partial charge on any atom is 0.325 e. The Hall–Kier alpha value is -4.68. The lowest BCUT2D eigenvalue weighted by Crippen LogP contribution is -2.30. The summed E-state index contributed by atoms with van der Waals surface area (Å²) in [7, 11) is 4.29. The number of hydrogen-bond acceptors (Lipinski definition) is 11. The Morgan fingerprint density at radius 3 is 2.23 bits per heavy atom. The van der Waals surface area contributed by atoms with Crippen molar-refractivity contribution in [2.75, 3.05) is 38.9 Å². The van der Waals surface area contributed by atoms with Crippen LogP contribution in [0.4, 0.5) is 22.0 Å². The molecule has 35 heavy (non-hydrogen) atoms. The van der Waals surface area contributed by atoms with Crippen LogP contribution in [0, 0.1) is 5.82 Å². The summed E-state index contributed by atoms with van der Waals surface area (Å²) in [4.78, 5) is 36.6. The van der Waals surface area contributed by atoms with Crippen molar-refractivity contribution in [2.45, 2.75) is 6.61 Å². The predicted octanol–water partition coefficient (Wildman–Crippen LogP) is 1.84. The lowest BCUT2D eigenvalue weighted by atomic mass is 10.1. The Morgan fingerprint density at radius 1 is 0.971 bits per heavy atom. The number of halogens is 1. The summed E-state index contributed by atoms with van der Waals surface area (Å²) in [5.74, 6) is -0.724. The van der Waals surface area contributed by atoms with E-state index in [1.165, 1.54) is 57.7 Å². The average Bonchev–Trinajstić information content (AvgIpc) is 2.86. The number of nitrogens with two attached hydrogens (primary N) is 1. The fourth-order valence-corrected chi connectivity index (χ4v) is 2.88. The first-order chi connectivity index (χ1) is 16.8. The standard InChI is InChI=1S/C22H23FN6O6/c1-32-15-8-12(9-16(33-2)19(15)34-3)20(31)25-10-18(30)35-11-17-27-21(24)29-22(28-17)26-14-6-4-13(23)5-7-14/h4-9H,10-11H2,1-3H3,(H,25,31)(H3,24,26,27,28,29). The maximum atomic E-state index is 13.1. The number of nitrogen functional groups attached to an aromatic ring is 1. The minimum Gasteiger partial charge on any atom is -0.493 e. The molecule has 13 heteroatoms. The van der Waals surface area contributed by atoms with Gasteiger partial charge in [0.1, 0.15) is 12.4 Å². The molecule has 0 aliphatic rings. The molecular weight excluding hydrogens is 463 g/mol. The molecule has 0 radical (unpaired) electrons. The minimum atomic E-state index is -0.738. The van der Waals surface area contributed by atoms with Crippen LogP contribution >= 0.6 is 0 Å². The number of esters is 1. The van der Waals surface area contributed by atoms with Crippen LogP contribution in [0.2, 0.25) is 0 Å². The fraction of sp³-hybridized carbons (Fsp3) is 0.227. The summed E-state index contributed by atoms with van der Waals surface area (Å²) in [6.45, 7) is -0.736. The van der Waals surface area contributed by atoms with Gasteiger partial charge in [0.15, 0.2) is 23.9 Å². The van der Waals surface area contributed by atoms with Crippen molar-refractivity contribution in [2.24, 2.45) is 0 Å². The molecule has 2 aromatic carbocycles. The third kappa shape index (κ3) is 6.66. The quantitative estimate of drug-likeness (QED) is 0.359. The van der Waals surface area contributed by atoms with Gasteiger partial charge in [-0.05, 0) is 36.4 Å². The van der Waals surface area contributed by atoms with Crippen molar-refractivity contribution in [3.63, 3.8) is 0 Å². The summed E-state index contributed by atoms with van der Waals surface area (Å²) in [6.07, 6.45) is 0. The van der Waals surface area contributed by atoms with Gasteiger partial charge in [-0.3, -0.25) is 9.59 Å². The molecule has 0 unspecified atom stereocenters. The van der Waals surface area contributed by atoms with E-state index in [2.05, 4.69) is 25.6 Å². The smallest absolute Gasteiger partial charge is 0.325 e. The van der Waals surface area contributed by atoms with Crippen LogP contribution in [0.25, 0.3) is 0 Å². The third-order valence-electron chi connectivity index (χ3n) is 4.48. The number of rotatable bonds is 10. The van der Waals surface area contributed by atoms with Crippen molar-refractivity contribution < 1.29 is 32.9 Å². The van der Waals surface area contributed by atoms with Gasteiger partial charge >= 0.3 is 5.97 Å². The van der Waals surface area contributed by atoms with Gasteiger partial charge in [-0.25, -0.2) is 4.39 Å². The van der Waals surface area contributed by atoms with Crippen LogP contribution in [0.5, 0.6) is 17.2 Å². The van der Waals surface area contributed by atoms with E-state index in [0.29, 0.717) is 11.4 Å². The van der Waals surface area contributed by atoms with Gasteiger partial charge in [0.2, 0.25) is 17.6 Å². The van der Waals surface area contributed by atoms with Crippen LogP contribution in [-0.2, 0) is 16.1 Å². The Labute approximate surface area is 199 Å². The van der Waals surface area contributed by atoms with Gasteiger partial charge in [-0.15, -0.1) is 0 Å². The van der Waals surface area contributed by atoms with Crippen molar-refractivity contribution in [3.8, 4) is 17.2 Å². The molecule has 0 saturated heterocycles. The van der Waals surface area contributed by atoms with Gasteiger partial charge in [0.25, 0.3) is 5.91 Å². The number of hydrogen-bond donors (Lipinski definition) is 3. The van der Waals surface area contributed by atoms with Gasteiger partial charge in [-0.1, -0.05) is 0 Å². The molecule has 0 bridgehead atoms. The highest BCUT2D eigenvalue weighted by Crippen LogP contribution is 2.38. The number of ether oxygens (including phenoxy) is 4. The third-order valence-corrected chi connectivity index (χ3v) is 4.48. The van der Waals surface area contributed by atoms with E-state index in [9.17, 15) is 14.0 Å². The van der Waals surface area contributed by atoms with Crippen LogP contribution in [0.3, 0.4) is 0 Å². The number of carbonyl (C=O) groups is 2. The highest BCUT2D eigenvalue weighted by molar-refractivity contribution is 5.97. The van der Waals surface area contributed by atoms with E-state index in [4.69, 9.17) is 24.7 Å². The topological polar surface area (TPSA) is 160 Å². The zero-order chi connectivity index (χ0) is 25.4. The van der Waals surface area contributed by atoms with Gasteiger partial charge in [0.05, 0.1) is 21.3 Å². The summed E-state index contributed by atoms with van der Waals surface area (Å²) in [5.41, 5.74) is 6.40. The lowest BCUT2D eigenvalue weighted by Gasteiger charge is -2.14. The molecule has 0 atom stereocenters. The lowest BCUT2D eigenvalue weighted by molar-refractivity contribution is -0.143. The number of nitrogens with zero attached hydrogens (tertiary/aromatic N) is 3. The minimum absolute atomic E-state index is 0.0754. The fourth-order valence-electron chi connectivity index (χ4n) is 2.88. The van der Waals surface area contributed by atoms with Crippen molar-refractivity contribution in [1.82, 2.24) is 20.3 Å². The number of amides is 1. The Morgan fingerprint density at radius 2 is 1.63 bits per heavy atom. The SMILES string of the molecule is COc1cc(C(=O)NCC(=O)OCc2nc(N)nc(Nc3ccc(F)cc3)n2)cc(OC)c1OC. The van der Waals surface area contributed by atoms with Crippen LogP contribution in [-0.4, -0.2) is 54.7 Å². The van der Waals surface area contributed by atoms with Crippen molar-refractivity contribution in [1.29, 1.82) is 0 Å². The molecule has 4 N–H and O–H groups in total. The molecule has 3 rings (SSSR count). The largest absolute Gasteiger partial charge is 0.493 e. The molecule has 1 heterocycles. The normalized spacial score (nSPS) is 10.3. The molecule has 12 nitrogen and oxygen atoms in total. The molecule has 0 aliphatic carbocycles. The zero-order valence-corrected chi connectivity index (χ0v) is 19.1. The Kier molecular flexibility index (Phi) is 8.16. The zero-order valence-electron chi connectivity index (χ0n) is 19.1.